The fraction of sp³-hybridized carbons (Fsp3) is 1.00. The quantitative estimate of drug-likeness (QED) is 0.413. The number of rotatable bonds is 5. The molecule has 3 N–H and O–H groups in total. The normalized spacial score (nSPS) is 14.1. The van der Waals surface area contributed by atoms with Crippen molar-refractivity contribution in [2.45, 2.75) is 6.17 Å². The largest absolute Gasteiger partial charge is 0.395 e. The Morgan fingerprint density at radius 2 is 2.00 bits per heavy atom. The predicted molar refractivity (Wildman–Crippen MR) is 39.6 cm³/mol. The summed E-state index contributed by atoms with van der Waals surface area (Å²) >= 11 is 0. The zero-order chi connectivity index (χ0) is 7.98. The number of likely N-dealkylation sites (N-methyl/N-ethyl adjacent to an activating group) is 1. The Labute approximate surface area is 61.5 Å². The zero-order valence-corrected chi connectivity index (χ0v) is 6.54. The van der Waals surface area contributed by atoms with E-state index in [4.69, 9.17) is 10.2 Å². The second kappa shape index (κ2) is 5.61. The lowest BCUT2D eigenvalue weighted by molar-refractivity contribution is 0.135. The number of nitrogens with zero attached hydrogens (tertiary/aromatic N) is 1. The van der Waals surface area contributed by atoms with Gasteiger partial charge in [-0.05, 0) is 14.1 Å². The fourth-order valence-corrected chi connectivity index (χ4v) is 0.642. The van der Waals surface area contributed by atoms with Gasteiger partial charge in [0.05, 0.1) is 19.4 Å². The molecule has 62 valence electrons. The van der Waals surface area contributed by atoms with Gasteiger partial charge in [0.2, 0.25) is 0 Å². The van der Waals surface area contributed by atoms with Gasteiger partial charge < -0.3 is 10.2 Å². The van der Waals surface area contributed by atoms with Gasteiger partial charge in [0.1, 0.15) is 0 Å². The van der Waals surface area contributed by atoms with Crippen LogP contribution in [0.2, 0.25) is 0 Å². The van der Waals surface area contributed by atoms with Crippen molar-refractivity contribution in [3.05, 3.63) is 0 Å². The van der Waals surface area contributed by atoms with Crippen molar-refractivity contribution in [3.8, 4) is 0 Å². The highest BCUT2D eigenvalue weighted by Crippen LogP contribution is 1.84. The molecule has 0 radical (unpaired) electrons. The molecule has 0 aliphatic carbocycles. The van der Waals surface area contributed by atoms with Crippen LogP contribution in [0.15, 0.2) is 0 Å². The standard InChI is InChI=1S/C6H16N2O2/c1-8(2)6(5-10)7-3-4-9/h6-7,9-10H,3-5H2,1-2H3. The van der Waals surface area contributed by atoms with Crippen LogP contribution in [-0.2, 0) is 0 Å². The van der Waals surface area contributed by atoms with Gasteiger partial charge >= 0.3 is 0 Å². The maximum atomic E-state index is 8.74. The summed E-state index contributed by atoms with van der Waals surface area (Å²) < 4.78 is 0. The third-order valence-electron chi connectivity index (χ3n) is 1.29. The molecule has 0 saturated heterocycles. The molecular weight excluding hydrogens is 132 g/mol. The topological polar surface area (TPSA) is 55.7 Å². The monoisotopic (exact) mass is 148 g/mol. The Morgan fingerprint density at radius 3 is 2.30 bits per heavy atom. The van der Waals surface area contributed by atoms with Gasteiger partial charge in [-0.2, -0.15) is 0 Å². The fourth-order valence-electron chi connectivity index (χ4n) is 0.642. The minimum Gasteiger partial charge on any atom is -0.395 e. The molecule has 10 heavy (non-hydrogen) atoms. The Morgan fingerprint density at radius 1 is 1.40 bits per heavy atom. The molecule has 0 aromatic carbocycles. The molecule has 1 atom stereocenters. The number of aliphatic hydroxyl groups is 2. The van der Waals surface area contributed by atoms with Crippen LogP contribution in [0.3, 0.4) is 0 Å². The number of nitrogens with one attached hydrogen (secondary N) is 1. The molecule has 0 heterocycles. The molecule has 0 bridgehead atoms. The molecule has 4 heteroatoms. The highest BCUT2D eigenvalue weighted by atomic mass is 16.3. The van der Waals surface area contributed by atoms with Crippen molar-refractivity contribution in [2.75, 3.05) is 33.9 Å². The molecule has 0 aromatic heterocycles. The van der Waals surface area contributed by atoms with Crippen molar-refractivity contribution in [1.29, 1.82) is 0 Å². The maximum absolute atomic E-state index is 8.74. The summed E-state index contributed by atoms with van der Waals surface area (Å²) in [7, 11) is 3.73. The molecule has 1 unspecified atom stereocenters. The summed E-state index contributed by atoms with van der Waals surface area (Å²) in [5, 5.41) is 20.1. The molecular formula is C6H16N2O2. The maximum Gasteiger partial charge on any atom is 0.0831 e. The van der Waals surface area contributed by atoms with Gasteiger partial charge in [-0.3, -0.25) is 10.2 Å². The zero-order valence-electron chi connectivity index (χ0n) is 6.54. The van der Waals surface area contributed by atoms with Gasteiger partial charge in [-0.25, -0.2) is 0 Å². The van der Waals surface area contributed by atoms with E-state index in [2.05, 4.69) is 5.32 Å². The molecule has 0 aliphatic heterocycles. The van der Waals surface area contributed by atoms with Gasteiger partial charge in [0.15, 0.2) is 0 Å². The lowest BCUT2D eigenvalue weighted by Crippen LogP contribution is -2.45. The van der Waals surface area contributed by atoms with E-state index in [0.29, 0.717) is 6.54 Å². The second-order valence-corrected chi connectivity index (χ2v) is 2.34. The van der Waals surface area contributed by atoms with Crippen molar-refractivity contribution >= 4 is 0 Å². The van der Waals surface area contributed by atoms with E-state index in [0.717, 1.165) is 0 Å². The van der Waals surface area contributed by atoms with Gasteiger partial charge in [-0.1, -0.05) is 0 Å². The van der Waals surface area contributed by atoms with Crippen LogP contribution in [0.5, 0.6) is 0 Å². The Hall–Kier alpha value is -0.160. The number of hydrogen-bond acceptors (Lipinski definition) is 4. The van der Waals surface area contributed by atoms with Crippen molar-refractivity contribution in [2.24, 2.45) is 0 Å². The van der Waals surface area contributed by atoms with Crippen LogP contribution in [0.25, 0.3) is 0 Å². The first-order valence-electron chi connectivity index (χ1n) is 3.34. The van der Waals surface area contributed by atoms with E-state index in [9.17, 15) is 0 Å². The second-order valence-electron chi connectivity index (χ2n) is 2.34. The van der Waals surface area contributed by atoms with Crippen molar-refractivity contribution < 1.29 is 10.2 Å². The first kappa shape index (κ1) is 9.84. The minimum absolute atomic E-state index is 0.0489. The summed E-state index contributed by atoms with van der Waals surface area (Å²) in [5.41, 5.74) is 0. The van der Waals surface area contributed by atoms with Crippen LogP contribution in [0.4, 0.5) is 0 Å². The Balaban J connectivity index is 3.40. The van der Waals surface area contributed by atoms with Gasteiger partial charge in [0, 0.05) is 6.54 Å². The molecule has 0 aliphatic rings. The van der Waals surface area contributed by atoms with E-state index in [-0.39, 0.29) is 19.4 Å². The first-order chi connectivity index (χ1) is 4.72. The van der Waals surface area contributed by atoms with E-state index < -0.39 is 0 Å². The first-order valence-corrected chi connectivity index (χ1v) is 3.34. The molecule has 0 saturated carbocycles. The molecule has 0 fully saturated rings. The SMILES string of the molecule is CN(C)C(CO)NCCO. The predicted octanol–water partition coefficient (Wildman–Crippen LogP) is -1.55. The third kappa shape index (κ3) is 3.79. The van der Waals surface area contributed by atoms with Crippen molar-refractivity contribution in [3.63, 3.8) is 0 Å². The van der Waals surface area contributed by atoms with E-state index in [1.165, 1.54) is 0 Å². The summed E-state index contributed by atoms with van der Waals surface area (Å²) in [5.74, 6) is 0. The minimum atomic E-state index is -0.0489. The van der Waals surface area contributed by atoms with E-state index in [1.54, 1.807) is 0 Å². The number of aliphatic hydroxyl groups excluding tert-OH is 2. The Kier molecular flexibility index (Phi) is 5.52. The van der Waals surface area contributed by atoms with Gasteiger partial charge in [0.25, 0.3) is 0 Å². The summed E-state index contributed by atoms with van der Waals surface area (Å²) in [6.45, 7) is 0.681. The molecule has 0 amide bonds. The van der Waals surface area contributed by atoms with Crippen LogP contribution in [0.1, 0.15) is 0 Å². The summed E-state index contributed by atoms with van der Waals surface area (Å²) in [6.07, 6.45) is -0.0489. The number of hydrogen-bond donors (Lipinski definition) is 3. The summed E-state index contributed by atoms with van der Waals surface area (Å²) in [6, 6.07) is 0. The summed E-state index contributed by atoms with van der Waals surface area (Å²) in [4.78, 5) is 1.86. The van der Waals surface area contributed by atoms with Crippen LogP contribution >= 0.6 is 0 Å². The molecule has 0 rings (SSSR count). The lowest BCUT2D eigenvalue weighted by Gasteiger charge is -2.22. The van der Waals surface area contributed by atoms with Crippen molar-refractivity contribution in [1.82, 2.24) is 10.2 Å². The van der Waals surface area contributed by atoms with Gasteiger partial charge in [-0.15, -0.1) is 0 Å². The van der Waals surface area contributed by atoms with Crippen LogP contribution in [-0.4, -0.2) is 55.1 Å². The average molecular weight is 148 g/mol. The molecule has 0 aromatic rings. The van der Waals surface area contributed by atoms with E-state index >= 15 is 0 Å². The third-order valence-corrected chi connectivity index (χ3v) is 1.29. The molecule has 4 nitrogen and oxygen atoms in total. The average Bonchev–Trinajstić information content (AvgIpc) is 1.89. The molecule has 0 spiro atoms. The highest BCUT2D eigenvalue weighted by Gasteiger charge is 2.06. The lowest BCUT2D eigenvalue weighted by atomic mass is 10.4. The van der Waals surface area contributed by atoms with Crippen LogP contribution in [0, 0.1) is 0 Å². The smallest absolute Gasteiger partial charge is 0.0831 e. The van der Waals surface area contributed by atoms with E-state index in [1.807, 2.05) is 19.0 Å². The van der Waals surface area contributed by atoms with Crippen LogP contribution < -0.4 is 5.32 Å². The highest BCUT2D eigenvalue weighted by molar-refractivity contribution is 4.60. The Bertz CT molecular complexity index is 78.1.